The average Bonchev–Trinajstić information content (AvgIpc) is 3.13. The SMILES string of the molecule is CC(C)OCCCNC(=O)/C(C#N)=C\c1ccc(-c2ccc(S(N)(=O)=O)cc2)o1. The summed E-state index contributed by atoms with van der Waals surface area (Å²) in [7, 11) is -3.77. The van der Waals surface area contributed by atoms with Crippen molar-refractivity contribution in [2.45, 2.75) is 31.3 Å². The molecule has 0 saturated heterocycles. The molecule has 1 aromatic heterocycles. The highest BCUT2D eigenvalue weighted by Crippen LogP contribution is 2.24. The van der Waals surface area contributed by atoms with Gasteiger partial charge in [-0.2, -0.15) is 5.26 Å². The van der Waals surface area contributed by atoms with Crippen molar-refractivity contribution in [1.82, 2.24) is 5.32 Å². The molecule has 9 heteroatoms. The number of carbonyl (C=O) groups excluding carboxylic acids is 1. The zero-order valence-electron chi connectivity index (χ0n) is 16.2. The molecule has 1 amide bonds. The summed E-state index contributed by atoms with van der Waals surface area (Å²) in [5, 5.41) is 17.0. The van der Waals surface area contributed by atoms with Gasteiger partial charge in [0.2, 0.25) is 10.0 Å². The summed E-state index contributed by atoms with van der Waals surface area (Å²) in [5.74, 6) is 0.290. The molecule has 0 aliphatic carbocycles. The lowest BCUT2D eigenvalue weighted by Gasteiger charge is -2.07. The molecule has 8 nitrogen and oxygen atoms in total. The van der Waals surface area contributed by atoms with Gasteiger partial charge in [0.05, 0.1) is 11.0 Å². The Hall–Kier alpha value is -2.93. The van der Waals surface area contributed by atoms with Crippen LogP contribution in [-0.4, -0.2) is 33.6 Å². The third kappa shape index (κ3) is 6.87. The van der Waals surface area contributed by atoms with E-state index >= 15 is 0 Å². The van der Waals surface area contributed by atoms with Gasteiger partial charge in [0.1, 0.15) is 23.2 Å². The predicted octanol–water partition coefficient (Wildman–Crippen LogP) is 2.43. The summed E-state index contributed by atoms with van der Waals surface area (Å²) in [4.78, 5) is 12.1. The maximum Gasteiger partial charge on any atom is 0.262 e. The molecule has 2 rings (SSSR count). The molecule has 0 radical (unpaired) electrons. The molecule has 29 heavy (non-hydrogen) atoms. The third-order valence-corrected chi connectivity index (χ3v) is 4.73. The van der Waals surface area contributed by atoms with E-state index in [-0.39, 0.29) is 16.6 Å². The van der Waals surface area contributed by atoms with E-state index in [9.17, 15) is 18.5 Å². The molecular weight excluding hydrogens is 394 g/mol. The molecule has 2 aromatic rings. The number of furan rings is 1. The van der Waals surface area contributed by atoms with Gasteiger partial charge in [-0.15, -0.1) is 0 Å². The van der Waals surface area contributed by atoms with Gasteiger partial charge in [0.25, 0.3) is 5.91 Å². The van der Waals surface area contributed by atoms with Gasteiger partial charge in [-0.25, -0.2) is 13.6 Å². The molecule has 0 aliphatic rings. The fourth-order valence-electron chi connectivity index (χ4n) is 2.37. The predicted molar refractivity (Wildman–Crippen MR) is 108 cm³/mol. The number of nitrogens with two attached hydrogens (primary N) is 1. The van der Waals surface area contributed by atoms with Crippen molar-refractivity contribution < 1.29 is 22.4 Å². The Balaban J connectivity index is 2.03. The number of nitrogens with zero attached hydrogens (tertiary/aromatic N) is 1. The molecular formula is C20H23N3O5S. The lowest BCUT2D eigenvalue weighted by atomic mass is 10.2. The quantitative estimate of drug-likeness (QED) is 0.365. The van der Waals surface area contributed by atoms with Crippen LogP contribution >= 0.6 is 0 Å². The Kier molecular flexibility index (Phi) is 7.73. The Morgan fingerprint density at radius 2 is 1.97 bits per heavy atom. The van der Waals surface area contributed by atoms with E-state index < -0.39 is 15.9 Å². The molecule has 0 aliphatic heterocycles. The van der Waals surface area contributed by atoms with Crippen LogP contribution in [0.2, 0.25) is 0 Å². The number of carbonyl (C=O) groups is 1. The molecule has 3 N–H and O–H groups in total. The number of nitriles is 1. The lowest BCUT2D eigenvalue weighted by Crippen LogP contribution is -2.26. The van der Waals surface area contributed by atoms with Crippen molar-refractivity contribution in [2.75, 3.05) is 13.2 Å². The van der Waals surface area contributed by atoms with Gasteiger partial charge >= 0.3 is 0 Å². The van der Waals surface area contributed by atoms with Gasteiger partial charge in [-0.05, 0) is 56.7 Å². The van der Waals surface area contributed by atoms with Crippen molar-refractivity contribution in [3.05, 3.63) is 47.7 Å². The number of nitrogens with one attached hydrogen (secondary N) is 1. The fraction of sp³-hybridized carbons (Fsp3) is 0.300. The van der Waals surface area contributed by atoms with Crippen LogP contribution in [0, 0.1) is 11.3 Å². The molecule has 0 saturated carbocycles. The second-order valence-corrected chi connectivity index (χ2v) is 8.03. The number of hydrogen-bond acceptors (Lipinski definition) is 6. The first-order chi connectivity index (χ1) is 13.7. The number of primary sulfonamides is 1. The summed E-state index contributed by atoms with van der Waals surface area (Å²) in [6, 6.07) is 11.0. The summed E-state index contributed by atoms with van der Waals surface area (Å²) in [6.45, 7) is 4.78. The first-order valence-corrected chi connectivity index (χ1v) is 10.5. The minimum absolute atomic E-state index is 0.00448. The van der Waals surface area contributed by atoms with Crippen LogP contribution in [0.3, 0.4) is 0 Å². The summed E-state index contributed by atoms with van der Waals surface area (Å²) in [6.07, 6.45) is 2.12. The molecule has 0 fully saturated rings. The molecule has 1 aromatic carbocycles. The summed E-state index contributed by atoms with van der Waals surface area (Å²) >= 11 is 0. The zero-order valence-corrected chi connectivity index (χ0v) is 17.0. The maximum atomic E-state index is 12.1. The fourth-order valence-corrected chi connectivity index (χ4v) is 2.89. The first kappa shape index (κ1) is 22.4. The monoisotopic (exact) mass is 417 g/mol. The Morgan fingerprint density at radius 1 is 1.28 bits per heavy atom. The molecule has 1 heterocycles. The second-order valence-electron chi connectivity index (χ2n) is 6.47. The Bertz CT molecular complexity index is 1020. The van der Waals surface area contributed by atoms with Gasteiger partial charge in [0, 0.05) is 24.8 Å². The standard InChI is InChI=1S/C20H23N3O5S/c1-14(2)27-11-3-10-23-20(24)16(13-21)12-17-6-9-19(28-17)15-4-7-18(8-5-15)29(22,25)26/h4-9,12,14H,3,10-11H2,1-2H3,(H,23,24)(H2,22,25,26)/b16-12-. The molecule has 154 valence electrons. The minimum atomic E-state index is -3.77. The Morgan fingerprint density at radius 3 is 2.55 bits per heavy atom. The topological polar surface area (TPSA) is 135 Å². The van der Waals surface area contributed by atoms with Crippen molar-refractivity contribution >= 4 is 22.0 Å². The molecule has 0 spiro atoms. The largest absolute Gasteiger partial charge is 0.457 e. The maximum absolute atomic E-state index is 12.1. The number of sulfonamides is 1. The highest BCUT2D eigenvalue weighted by Gasteiger charge is 2.12. The second kappa shape index (κ2) is 10.0. The summed E-state index contributed by atoms with van der Waals surface area (Å²) < 4.78 is 33.7. The number of hydrogen-bond donors (Lipinski definition) is 2. The van der Waals surface area contributed by atoms with Gasteiger partial charge in [-0.3, -0.25) is 4.79 Å². The van der Waals surface area contributed by atoms with Crippen LogP contribution in [0.1, 0.15) is 26.0 Å². The van der Waals surface area contributed by atoms with E-state index in [1.807, 2.05) is 19.9 Å². The van der Waals surface area contributed by atoms with Gasteiger partial charge in [0.15, 0.2) is 0 Å². The van der Waals surface area contributed by atoms with Crippen LogP contribution in [-0.2, 0) is 19.6 Å². The molecule has 0 bridgehead atoms. The smallest absolute Gasteiger partial charge is 0.262 e. The van der Waals surface area contributed by atoms with Crippen LogP contribution in [0.4, 0.5) is 0 Å². The van der Waals surface area contributed by atoms with Crippen molar-refractivity contribution in [3.8, 4) is 17.4 Å². The first-order valence-electron chi connectivity index (χ1n) is 8.95. The highest BCUT2D eigenvalue weighted by molar-refractivity contribution is 7.89. The van der Waals surface area contributed by atoms with E-state index in [0.717, 1.165) is 0 Å². The van der Waals surface area contributed by atoms with Gasteiger partial charge < -0.3 is 14.5 Å². The molecule has 0 unspecified atom stereocenters. The van der Waals surface area contributed by atoms with Gasteiger partial charge in [-0.1, -0.05) is 0 Å². The van der Waals surface area contributed by atoms with Crippen LogP contribution in [0.15, 0.2) is 51.3 Å². The zero-order chi connectivity index (χ0) is 21.4. The number of ether oxygens (including phenoxy) is 1. The Labute approximate surface area is 170 Å². The molecule has 0 atom stereocenters. The van der Waals surface area contributed by atoms with Crippen LogP contribution in [0.25, 0.3) is 17.4 Å². The van der Waals surface area contributed by atoms with Crippen LogP contribution in [0.5, 0.6) is 0 Å². The van der Waals surface area contributed by atoms with Crippen molar-refractivity contribution in [1.29, 1.82) is 5.26 Å². The van der Waals surface area contributed by atoms with E-state index in [4.69, 9.17) is 14.3 Å². The van der Waals surface area contributed by atoms with E-state index in [0.29, 0.717) is 36.7 Å². The van der Waals surface area contributed by atoms with E-state index in [1.165, 1.54) is 18.2 Å². The lowest BCUT2D eigenvalue weighted by molar-refractivity contribution is -0.117. The summed E-state index contributed by atoms with van der Waals surface area (Å²) in [5.41, 5.74) is 0.547. The average molecular weight is 417 g/mol. The minimum Gasteiger partial charge on any atom is -0.457 e. The number of benzene rings is 1. The van der Waals surface area contributed by atoms with Crippen LogP contribution < -0.4 is 10.5 Å². The van der Waals surface area contributed by atoms with E-state index in [1.54, 1.807) is 24.3 Å². The van der Waals surface area contributed by atoms with Crippen molar-refractivity contribution in [3.63, 3.8) is 0 Å². The number of rotatable bonds is 9. The highest BCUT2D eigenvalue weighted by atomic mass is 32.2. The number of amides is 1. The van der Waals surface area contributed by atoms with Crippen molar-refractivity contribution in [2.24, 2.45) is 5.14 Å². The van der Waals surface area contributed by atoms with E-state index in [2.05, 4.69) is 5.32 Å². The third-order valence-electron chi connectivity index (χ3n) is 3.80. The normalized spacial score (nSPS) is 12.0.